The van der Waals surface area contributed by atoms with Crippen LogP contribution in [0.1, 0.15) is 58.3 Å². The minimum absolute atomic E-state index is 0.209. The molecule has 3 aliphatic carbocycles. The summed E-state index contributed by atoms with van der Waals surface area (Å²) in [6, 6.07) is 1.05. The van der Waals surface area contributed by atoms with Gasteiger partial charge in [-0.15, -0.1) is 0 Å². The van der Waals surface area contributed by atoms with E-state index in [1.54, 1.807) is 0 Å². The number of hydrogen-bond acceptors (Lipinski definition) is 3. The van der Waals surface area contributed by atoms with Crippen molar-refractivity contribution in [3.05, 3.63) is 0 Å². The van der Waals surface area contributed by atoms with Gasteiger partial charge in [-0.1, -0.05) is 12.8 Å². The molecule has 114 valence electrons. The molecule has 1 spiro atoms. The Hall–Kier alpha value is -0.610. The molecule has 20 heavy (non-hydrogen) atoms. The zero-order chi connectivity index (χ0) is 14.0. The molecule has 3 fully saturated rings. The van der Waals surface area contributed by atoms with E-state index < -0.39 is 0 Å². The van der Waals surface area contributed by atoms with E-state index in [1.807, 2.05) is 0 Å². The van der Waals surface area contributed by atoms with E-state index in [0.717, 1.165) is 19.6 Å². The summed E-state index contributed by atoms with van der Waals surface area (Å²) in [6.07, 6.45) is 9.79. The summed E-state index contributed by atoms with van der Waals surface area (Å²) in [5.41, 5.74) is 0.378. The Balaban J connectivity index is 1.42. The van der Waals surface area contributed by atoms with Crippen molar-refractivity contribution in [3.8, 4) is 0 Å². The highest BCUT2D eigenvalue weighted by atomic mass is 16.5. The molecule has 4 heteroatoms. The van der Waals surface area contributed by atoms with Crippen molar-refractivity contribution >= 4 is 5.91 Å². The zero-order valence-electron chi connectivity index (χ0n) is 12.6. The van der Waals surface area contributed by atoms with Crippen molar-refractivity contribution in [2.45, 2.75) is 76.5 Å². The van der Waals surface area contributed by atoms with Crippen molar-refractivity contribution in [2.24, 2.45) is 5.41 Å². The second kappa shape index (κ2) is 6.02. The van der Waals surface area contributed by atoms with Gasteiger partial charge in [-0.2, -0.15) is 0 Å². The summed E-state index contributed by atoms with van der Waals surface area (Å²) in [5.74, 6) is 0.209. The van der Waals surface area contributed by atoms with Gasteiger partial charge in [0.2, 0.25) is 5.91 Å². The Morgan fingerprint density at radius 3 is 2.70 bits per heavy atom. The molecule has 1 amide bonds. The van der Waals surface area contributed by atoms with Gasteiger partial charge in [-0.25, -0.2) is 0 Å². The third kappa shape index (κ3) is 2.86. The van der Waals surface area contributed by atoms with Crippen molar-refractivity contribution in [3.63, 3.8) is 0 Å². The van der Waals surface area contributed by atoms with E-state index in [4.69, 9.17) is 4.74 Å². The Morgan fingerprint density at radius 2 is 2.05 bits per heavy atom. The van der Waals surface area contributed by atoms with Crippen molar-refractivity contribution in [1.29, 1.82) is 0 Å². The molecule has 0 aromatic heterocycles. The molecular formula is C16H28N2O2. The fourth-order valence-electron chi connectivity index (χ4n) is 4.06. The highest BCUT2D eigenvalue weighted by molar-refractivity contribution is 5.76. The molecule has 0 radical (unpaired) electrons. The van der Waals surface area contributed by atoms with E-state index in [-0.39, 0.29) is 5.91 Å². The first kappa shape index (κ1) is 14.3. The van der Waals surface area contributed by atoms with Crippen LogP contribution < -0.4 is 10.6 Å². The van der Waals surface area contributed by atoms with Crippen molar-refractivity contribution in [1.82, 2.24) is 10.6 Å². The molecule has 0 aromatic carbocycles. The number of nitrogens with one attached hydrogen (secondary N) is 2. The SMILES string of the molecule is CCOC1CC(NCCC(=O)NC2CC2)C12CCCC2. The lowest BCUT2D eigenvalue weighted by Crippen LogP contribution is -2.62. The molecule has 3 aliphatic rings. The fraction of sp³-hybridized carbons (Fsp3) is 0.938. The van der Waals surface area contributed by atoms with Crippen LogP contribution in [0.25, 0.3) is 0 Å². The summed E-state index contributed by atoms with van der Waals surface area (Å²) in [5, 5.41) is 6.67. The van der Waals surface area contributed by atoms with Crippen LogP contribution in [0.4, 0.5) is 0 Å². The lowest BCUT2D eigenvalue weighted by atomic mass is 9.60. The van der Waals surface area contributed by atoms with Crippen LogP contribution in [0, 0.1) is 5.41 Å². The van der Waals surface area contributed by atoms with Gasteiger partial charge in [0.15, 0.2) is 0 Å². The molecule has 0 heterocycles. The second-order valence-corrected chi connectivity index (χ2v) is 6.72. The number of ether oxygens (including phenoxy) is 1. The van der Waals surface area contributed by atoms with Crippen LogP contribution >= 0.6 is 0 Å². The molecule has 3 rings (SSSR count). The van der Waals surface area contributed by atoms with Crippen LogP contribution in [0.5, 0.6) is 0 Å². The maximum atomic E-state index is 11.7. The number of carbonyl (C=O) groups is 1. The first-order valence-electron chi connectivity index (χ1n) is 8.39. The van der Waals surface area contributed by atoms with E-state index >= 15 is 0 Å². The largest absolute Gasteiger partial charge is 0.378 e. The van der Waals surface area contributed by atoms with Crippen LogP contribution in [-0.4, -0.2) is 37.2 Å². The molecular weight excluding hydrogens is 252 g/mol. The molecule has 2 unspecified atom stereocenters. The minimum Gasteiger partial charge on any atom is -0.378 e. The Kier molecular flexibility index (Phi) is 4.32. The van der Waals surface area contributed by atoms with Gasteiger partial charge in [0, 0.05) is 37.1 Å². The maximum Gasteiger partial charge on any atom is 0.221 e. The van der Waals surface area contributed by atoms with Gasteiger partial charge in [-0.3, -0.25) is 4.79 Å². The van der Waals surface area contributed by atoms with E-state index in [1.165, 1.54) is 38.5 Å². The van der Waals surface area contributed by atoms with Crippen LogP contribution in [0.3, 0.4) is 0 Å². The Bertz CT molecular complexity index is 348. The number of carbonyl (C=O) groups excluding carboxylic acids is 1. The predicted molar refractivity (Wildman–Crippen MR) is 78.5 cm³/mol. The van der Waals surface area contributed by atoms with Crippen LogP contribution in [-0.2, 0) is 9.53 Å². The third-order valence-electron chi connectivity index (χ3n) is 5.37. The molecule has 0 aromatic rings. The van der Waals surface area contributed by atoms with Crippen molar-refractivity contribution < 1.29 is 9.53 Å². The van der Waals surface area contributed by atoms with Gasteiger partial charge >= 0.3 is 0 Å². The van der Waals surface area contributed by atoms with Gasteiger partial charge in [0.05, 0.1) is 6.10 Å². The number of rotatable bonds is 7. The molecule has 4 nitrogen and oxygen atoms in total. The fourth-order valence-corrected chi connectivity index (χ4v) is 4.06. The first-order chi connectivity index (χ1) is 9.74. The lowest BCUT2D eigenvalue weighted by Gasteiger charge is -2.54. The van der Waals surface area contributed by atoms with Gasteiger partial charge < -0.3 is 15.4 Å². The lowest BCUT2D eigenvalue weighted by molar-refractivity contribution is -0.131. The predicted octanol–water partition coefficient (Wildman–Crippen LogP) is 1.98. The highest BCUT2D eigenvalue weighted by Gasteiger charge is 2.56. The van der Waals surface area contributed by atoms with Crippen molar-refractivity contribution in [2.75, 3.05) is 13.2 Å². The topological polar surface area (TPSA) is 50.4 Å². The summed E-state index contributed by atoms with van der Waals surface area (Å²) < 4.78 is 5.91. The number of hydrogen-bond donors (Lipinski definition) is 2. The molecule has 2 atom stereocenters. The molecule has 3 saturated carbocycles. The Labute approximate surface area is 122 Å². The third-order valence-corrected chi connectivity index (χ3v) is 5.37. The summed E-state index contributed by atoms with van der Waals surface area (Å²) in [4.78, 5) is 11.7. The van der Waals surface area contributed by atoms with Gasteiger partial charge in [0.25, 0.3) is 0 Å². The van der Waals surface area contributed by atoms with E-state index in [9.17, 15) is 4.79 Å². The smallest absolute Gasteiger partial charge is 0.221 e. The minimum atomic E-state index is 0.209. The van der Waals surface area contributed by atoms with Crippen LogP contribution in [0.15, 0.2) is 0 Å². The normalized spacial score (nSPS) is 31.2. The monoisotopic (exact) mass is 280 g/mol. The molecule has 0 bridgehead atoms. The van der Waals surface area contributed by atoms with E-state index in [2.05, 4.69) is 17.6 Å². The van der Waals surface area contributed by atoms with E-state index in [0.29, 0.717) is 30.0 Å². The van der Waals surface area contributed by atoms with Gasteiger partial charge in [-0.05, 0) is 39.0 Å². The molecule has 2 N–H and O–H groups in total. The van der Waals surface area contributed by atoms with Gasteiger partial charge in [0.1, 0.15) is 0 Å². The zero-order valence-corrected chi connectivity index (χ0v) is 12.6. The second-order valence-electron chi connectivity index (χ2n) is 6.72. The highest BCUT2D eigenvalue weighted by Crippen LogP contribution is 2.54. The van der Waals surface area contributed by atoms with Crippen LogP contribution in [0.2, 0.25) is 0 Å². The number of amides is 1. The summed E-state index contributed by atoms with van der Waals surface area (Å²) in [6.45, 7) is 3.72. The maximum absolute atomic E-state index is 11.7. The average molecular weight is 280 g/mol. The molecule has 0 saturated heterocycles. The summed E-state index contributed by atoms with van der Waals surface area (Å²) in [7, 11) is 0. The first-order valence-corrected chi connectivity index (χ1v) is 8.39. The Morgan fingerprint density at radius 1 is 1.30 bits per heavy atom. The summed E-state index contributed by atoms with van der Waals surface area (Å²) >= 11 is 0. The standard InChI is InChI=1S/C16H28N2O2/c1-2-20-14-11-13(16(14)8-3-4-9-16)17-10-7-15(19)18-12-5-6-12/h12-14,17H,2-11H2,1H3,(H,18,19). The average Bonchev–Trinajstić information content (AvgIpc) is 3.08. The quantitative estimate of drug-likeness (QED) is 0.750. The molecule has 0 aliphatic heterocycles.